The molecule has 0 aliphatic carbocycles. The third kappa shape index (κ3) is 2.41. The molecule has 1 N–H and O–H groups in total. The monoisotopic (exact) mass is 224 g/mol. The first-order valence-corrected chi connectivity index (χ1v) is 5.88. The van der Waals surface area contributed by atoms with Crippen LogP contribution in [-0.4, -0.2) is 44.0 Å². The Labute approximate surface area is 96.1 Å². The van der Waals surface area contributed by atoms with Crippen LogP contribution in [0.15, 0.2) is 6.33 Å². The minimum absolute atomic E-state index is 0.294. The van der Waals surface area contributed by atoms with Gasteiger partial charge in [-0.3, -0.25) is 4.90 Å². The largest absolute Gasteiger partial charge is 0.396 e. The Morgan fingerprint density at radius 2 is 2.31 bits per heavy atom. The fourth-order valence-corrected chi connectivity index (χ4v) is 2.26. The van der Waals surface area contributed by atoms with Crippen LogP contribution in [0, 0.1) is 5.92 Å². The van der Waals surface area contributed by atoms with E-state index in [0.717, 1.165) is 31.8 Å². The van der Waals surface area contributed by atoms with Crippen LogP contribution < -0.4 is 0 Å². The molecule has 0 bridgehead atoms. The van der Waals surface area contributed by atoms with Crippen LogP contribution in [-0.2, 0) is 13.6 Å². The number of nitrogens with zero attached hydrogens (tertiary/aromatic N) is 4. The van der Waals surface area contributed by atoms with Gasteiger partial charge < -0.3 is 9.67 Å². The molecular formula is C11H20N4O. The summed E-state index contributed by atoms with van der Waals surface area (Å²) < 4.78 is 1.95. The van der Waals surface area contributed by atoms with Gasteiger partial charge in [-0.1, -0.05) is 0 Å². The fourth-order valence-electron chi connectivity index (χ4n) is 2.26. The van der Waals surface area contributed by atoms with Crippen molar-refractivity contribution in [3.63, 3.8) is 0 Å². The summed E-state index contributed by atoms with van der Waals surface area (Å²) >= 11 is 0. The number of aliphatic hydroxyl groups excluding tert-OH is 1. The average Bonchev–Trinajstić information content (AvgIpc) is 2.68. The Kier molecular flexibility index (Phi) is 3.56. The van der Waals surface area contributed by atoms with E-state index in [2.05, 4.69) is 22.0 Å². The summed E-state index contributed by atoms with van der Waals surface area (Å²) in [7, 11) is 1.97. The Morgan fingerprint density at radius 1 is 1.50 bits per heavy atom. The van der Waals surface area contributed by atoms with E-state index in [1.165, 1.54) is 0 Å². The number of hydrogen-bond donors (Lipinski definition) is 1. The third-order valence-corrected chi connectivity index (χ3v) is 3.52. The van der Waals surface area contributed by atoms with Crippen LogP contribution in [0.5, 0.6) is 0 Å². The predicted octanol–water partition coefficient (Wildman–Crippen LogP) is 0.408. The third-order valence-electron chi connectivity index (χ3n) is 3.52. The van der Waals surface area contributed by atoms with Gasteiger partial charge in [0.25, 0.3) is 0 Å². The SMILES string of the molecule is CC1CCC(CO)CN1Cc1nncn1C. The summed E-state index contributed by atoms with van der Waals surface area (Å²) in [6, 6.07) is 0.569. The number of piperidine rings is 1. The first-order chi connectivity index (χ1) is 7.70. The number of likely N-dealkylation sites (tertiary alicyclic amines) is 1. The molecule has 90 valence electrons. The lowest BCUT2D eigenvalue weighted by atomic mass is 9.94. The zero-order valence-corrected chi connectivity index (χ0v) is 10.0. The first-order valence-electron chi connectivity index (χ1n) is 5.88. The smallest absolute Gasteiger partial charge is 0.146 e. The van der Waals surface area contributed by atoms with E-state index < -0.39 is 0 Å². The molecule has 2 heterocycles. The molecule has 1 aromatic heterocycles. The molecule has 0 spiro atoms. The highest BCUT2D eigenvalue weighted by atomic mass is 16.3. The lowest BCUT2D eigenvalue weighted by Crippen LogP contribution is -2.42. The van der Waals surface area contributed by atoms with Crippen LogP contribution in [0.3, 0.4) is 0 Å². The summed E-state index contributed by atoms with van der Waals surface area (Å²) in [5.74, 6) is 1.41. The first kappa shape index (κ1) is 11.5. The van der Waals surface area contributed by atoms with Crippen LogP contribution >= 0.6 is 0 Å². The van der Waals surface area contributed by atoms with Crippen molar-refractivity contribution in [3.8, 4) is 0 Å². The van der Waals surface area contributed by atoms with Gasteiger partial charge in [-0.05, 0) is 25.7 Å². The summed E-state index contributed by atoms with van der Waals surface area (Å²) in [5.41, 5.74) is 0. The van der Waals surface area contributed by atoms with Gasteiger partial charge in [0, 0.05) is 26.2 Å². The van der Waals surface area contributed by atoms with E-state index in [9.17, 15) is 5.11 Å². The van der Waals surface area contributed by atoms with E-state index in [1.54, 1.807) is 6.33 Å². The summed E-state index contributed by atoms with van der Waals surface area (Å²) in [6.07, 6.45) is 4.02. The van der Waals surface area contributed by atoms with Crippen LogP contribution in [0.25, 0.3) is 0 Å². The number of aliphatic hydroxyl groups is 1. The Balaban J connectivity index is 1.99. The van der Waals surface area contributed by atoms with E-state index in [1.807, 2.05) is 11.6 Å². The lowest BCUT2D eigenvalue weighted by Gasteiger charge is -2.36. The minimum Gasteiger partial charge on any atom is -0.396 e. The lowest BCUT2D eigenvalue weighted by molar-refractivity contribution is 0.0744. The van der Waals surface area contributed by atoms with E-state index in [0.29, 0.717) is 18.6 Å². The molecule has 5 nitrogen and oxygen atoms in total. The quantitative estimate of drug-likeness (QED) is 0.808. The highest BCUT2D eigenvalue weighted by Crippen LogP contribution is 2.22. The molecule has 0 radical (unpaired) electrons. The Hall–Kier alpha value is -0.940. The van der Waals surface area contributed by atoms with Gasteiger partial charge in [0.1, 0.15) is 12.2 Å². The zero-order valence-electron chi connectivity index (χ0n) is 10.0. The zero-order chi connectivity index (χ0) is 11.5. The second-order valence-electron chi connectivity index (χ2n) is 4.76. The molecule has 0 amide bonds. The molecule has 2 rings (SSSR count). The molecule has 2 unspecified atom stereocenters. The number of aryl methyl sites for hydroxylation is 1. The van der Waals surface area contributed by atoms with Crippen molar-refractivity contribution < 1.29 is 5.11 Å². The highest BCUT2D eigenvalue weighted by Gasteiger charge is 2.25. The van der Waals surface area contributed by atoms with Gasteiger partial charge in [-0.15, -0.1) is 10.2 Å². The maximum atomic E-state index is 9.22. The van der Waals surface area contributed by atoms with E-state index >= 15 is 0 Å². The van der Waals surface area contributed by atoms with E-state index in [-0.39, 0.29) is 0 Å². The molecule has 1 aliphatic rings. The van der Waals surface area contributed by atoms with Gasteiger partial charge in [-0.2, -0.15) is 0 Å². The molecule has 0 aromatic carbocycles. The molecule has 2 atom stereocenters. The average molecular weight is 224 g/mol. The predicted molar refractivity (Wildman–Crippen MR) is 60.7 cm³/mol. The van der Waals surface area contributed by atoms with Gasteiger partial charge in [0.2, 0.25) is 0 Å². The van der Waals surface area contributed by atoms with Crippen molar-refractivity contribution >= 4 is 0 Å². The molecular weight excluding hydrogens is 204 g/mol. The second-order valence-corrected chi connectivity index (χ2v) is 4.76. The maximum Gasteiger partial charge on any atom is 0.146 e. The number of aromatic nitrogens is 3. The molecule has 1 aliphatic heterocycles. The van der Waals surface area contributed by atoms with Crippen molar-refractivity contribution in [3.05, 3.63) is 12.2 Å². The van der Waals surface area contributed by atoms with Crippen molar-refractivity contribution in [1.29, 1.82) is 0 Å². The molecule has 0 saturated carbocycles. The molecule has 1 fully saturated rings. The maximum absolute atomic E-state index is 9.22. The van der Waals surface area contributed by atoms with Crippen molar-refractivity contribution in [2.75, 3.05) is 13.2 Å². The number of hydrogen-bond acceptors (Lipinski definition) is 4. The van der Waals surface area contributed by atoms with Crippen molar-refractivity contribution in [2.24, 2.45) is 13.0 Å². The summed E-state index contributed by atoms with van der Waals surface area (Å²) in [4.78, 5) is 2.38. The molecule has 1 saturated heterocycles. The van der Waals surface area contributed by atoms with Gasteiger partial charge in [0.15, 0.2) is 0 Å². The Bertz CT molecular complexity index is 338. The van der Waals surface area contributed by atoms with Crippen LogP contribution in [0.2, 0.25) is 0 Å². The number of rotatable bonds is 3. The molecule has 16 heavy (non-hydrogen) atoms. The molecule has 1 aromatic rings. The molecule has 5 heteroatoms. The fraction of sp³-hybridized carbons (Fsp3) is 0.818. The van der Waals surface area contributed by atoms with Crippen molar-refractivity contribution in [1.82, 2.24) is 19.7 Å². The van der Waals surface area contributed by atoms with Crippen LogP contribution in [0.1, 0.15) is 25.6 Å². The standard InChI is InChI=1S/C11H20N4O/c1-9-3-4-10(7-16)5-15(9)6-11-13-12-8-14(11)2/h8-10,16H,3-7H2,1-2H3. The summed E-state index contributed by atoms with van der Waals surface area (Å²) in [6.45, 7) is 4.32. The highest BCUT2D eigenvalue weighted by molar-refractivity contribution is 4.88. The Morgan fingerprint density at radius 3 is 2.94 bits per heavy atom. The second kappa shape index (κ2) is 4.93. The van der Waals surface area contributed by atoms with Gasteiger partial charge in [0.05, 0.1) is 6.54 Å². The van der Waals surface area contributed by atoms with Gasteiger partial charge in [-0.25, -0.2) is 0 Å². The normalized spacial score (nSPS) is 27.2. The topological polar surface area (TPSA) is 54.2 Å². The van der Waals surface area contributed by atoms with E-state index in [4.69, 9.17) is 0 Å². The van der Waals surface area contributed by atoms with Gasteiger partial charge >= 0.3 is 0 Å². The minimum atomic E-state index is 0.294. The van der Waals surface area contributed by atoms with Crippen molar-refractivity contribution in [2.45, 2.75) is 32.4 Å². The van der Waals surface area contributed by atoms with Crippen LogP contribution in [0.4, 0.5) is 0 Å². The summed E-state index contributed by atoms with van der Waals surface area (Å²) in [5, 5.41) is 17.2.